The molecule has 0 saturated carbocycles. The molecule has 3 aliphatic heterocycles. The van der Waals surface area contributed by atoms with E-state index in [0.717, 1.165) is 0 Å². The normalized spacial score (nSPS) is 41.8. The van der Waals surface area contributed by atoms with Gasteiger partial charge >= 0.3 is 11.2 Å². The standard InChI is InChI=1S/C9H10F2O9S2/c1-8-4-2-3(17-8)5(6(8)22(14,15)18-4)16-7(12)9(10,11)21-20-19-13/h3-6,13H,2H2,1H3/p-1. The highest BCUT2D eigenvalue weighted by molar-refractivity contribution is 7.96. The van der Waals surface area contributed by atoms with Crippen molar-refractivity contribution in [1.29, 1.82) is 0 Å². The Bertz CT molecular complexity index is 596. The van der Waals surface area contributed by atoms with Crippen LogP contribution in [0.1, 0.15) is 13.3 Å². The van der Waals surface area contributed by atoms with Crippen molar-refractivity contribution in [2.75, 3.05) is 0 Å². The van der Waals surface area contributed by atoms with Crippen molar-refractivity contribution in [1.82, 2.24) is 0 Å². The number of hydrogen-bond acceptors (Lipinski definition) is 10. The van der Waals surface area contributed by atoms with E-state index in [4.69, 9.17) is 8.92 Å². The smallest absolute Gasteiger partial charge is 0.415 e. The zero-order valence-electron chi connectivity index (χ0n) is 10.8. The SMILES string of the molecule is CC12OC3CC1OS(=O)(=O)C2C3OC(=O)C(F)(F)SOO[O-]. The Labute approximate surface area is 127 Å². The molecule has 3 rings (SSSR count). The van der Waals surface area contributed by atoms with Crippen LogP contribution >= 0.6 is 12.0 Å². The Balaban J connectivity index is 1.78. The van der Waals surface area contributed by atoms with Crippen molar-refractivity contribution in [2.45, 2.75) is 47.8 Å². The molecule has 0 radical (unpaired) electrons. The van der Waals surface area contributed by atoms with E-state index in [9.17, 15) is 27.3 Å². The van der Waals surface area contributed by atoms with E-state index >= 15 is 0 Å². The second kappa shape index (κ2) is 4.96. The first-order valence-electron chi connectivity index (χ1n) is 5.95. The van der Waals surface area contributed by atoms with Crippen molar-refractivity contribution in [3.05, 3.63) is 0 Å². The summed E-state index contributed by atoms with van der Waals surface area (Å²) in [5.74, 6) is -2.07. The summed E-state index contributed by atoms with van der Waals surface area (Å²) in [5.41, 5.74) is -1.24. The lowest BCUT2D eigenvalue weighted by Gasteiger charge is -2.27. The molecule has 2 bridgehead atoms. The lowest BCUT2D eigenvalue weighted by atomic mass is 9.85. The van der Waals surface area contributed by atoms with Gasteiger partial charge in [0, 0.05) is 6.42 Å². The van der Waals surface area contributed by atoms with Gasteiger partial charge in [-0.2, -0.15) is 21.5 Å². The molecule has 0 aromatic carbocycles. The molecule has 0 aromatic rings. The predicted molar refractivity (Wildman–Crippen MR) is 60.1 cm³/mol. The number of hydrogen-bond donors (Lipinski definition) is 0. The van der Waals surface area contributed by atoms with Gasteiger partial charge in [0.15, 0.2) is 11.4 Å². The summed E-state index contributed by atoms with van der Waals surface area (Å²) in [5, 5.41) is 6.63. The molecule has 3 heterocycles. The van der Waals surface area contributed by atoms with Crippen LogP contribution in [0.25, 0.3) is 0 Å². The number of halogens is 2. The number of fused-ring (bicyclic) bond motifs is 1. The maximum absolute atomic E-state index is 13.4. The van der Waals surface area contributed by atoms with Crippen LogP contribution in [0.2, 0.25) is 0 Å². The highest BCUT2D eigenvalue weighted by Gasteiger charge is 2.74. The predicted octanol–water partition coefficient (Wildman–Crippen LogP) is -0.979. The topological polar surface area (TPSA) is 120 Å². The fourth-order valence-corrected chi connectivity index (χ4v) is 5.38. The van der Waals surface area contributed by atoms with Crippen LogP contribution in [0.4, 0.5) is 8.78 Å². The molecule has 0 aromatic heterocycles. The first-order chi connectivity index (χ1) is 10.1. The summed E-state index contributed by atoms with van der Waals surface area (Å²) in [4.78, 5) is 11.5. The molecule has 3 aliphatic rings. The molecule has 0 spiro atoms. The highest BCUT2D eigenvalue weighted by atomic mass is 32.2. The number of carbonyl (C=O) groups is 1. The van der Waals surface area contributed by atoms with Gasteiger partial charge in [0.2, 0.25) is 0 Å². The third-order valence-corrected chi connectivity index (χ3v) is 6.29. The van der Waals surface area contributed by atoms with Gasteiger partial charge in [-0.3, -0.25) is 9.22 Å². The largest absolute Gasteiger partial charge is 0.691 e. The lowest BCUT2D eigenvalue weighted by molar-refractivity contribution is -0.777. The molecule has 13 heteroatoms. The fraction of sp³-hybridized carbons (Fsp3) is 0.889. The summed E-state index contributed by atoms with van der Waals surface area (Å²) < 4.78 is 68.9. The van der Waals surface area contributed by atoms with Crippen LogP contribution in [0, 0.1) is 0 Å². The molecule has 5 unspecified atom stereocenters. The molecule has 3 fully saturated rings. The first kappa shape index (κ1) is 16.3. The molecule has 0 aliphatic carbocycles. The van der Waals surface area contributed by atoms with E-state index in [1.807, 2.05) is 0 Å². The number of ether oxygens (including phenoxy) is 2. The summed E-state index contributed by atoms with van der Waals surface area (Å²) >= 11 is -0.856. The van der Waals surface area contributed by atoms with Crippen molar-refractivity contribution < 1.29 is 50.3 Å². The maximum atomic E-state index is 13.4. The average Bonchev–Trinajstić information content (AvgIpc) is 2.89. The van der Waals surface area contributed by atoms with E-state index < -0.39 is 62.5 Å². The van der Waals surface area contributed by atoms with Crippen molar-refractivity contribution in [3.63, 3.8) is 0 Å². The zero-order valence-corrected chi connectivity index (χ0v) is 12.4. The van der Waals surface area contributed by atoms with Crippen LogP contribution in [0.3, 0.4) is 0 Å². The van der Waals surface area contributed by atoms with E-state index in [0.29, 0.717) is 0 Å². The number of alkyl halides is 2. The molecule has 0 amide bonds. The Morgan fingerprint density at radius 3 is 2.82 bits per heavy atom. The molecule has 3 saturated heterocycles. The first-order valence-corrected chi connectivity index (χ1v) is 8.16. The van der Waals surface area contributed by atoms with E-state index in [1.165, 1.54) is 6.92 Å². The molecule has 0 N–H and O–H groups in total. The van der Waals surface area contributed by atoms with Crippen molar-refractivity contribution >= 4 is 28.1 Å². The van der Waals surface area contributed by atoms with Gasteiger partial charge in [0.1, 0.15) is 23.7 Å². The van der Waals surface area contributed by atoms with Gasteiger partial charge in [-0.05, 0) is 6.92 Å². The molecular formula is C9H9F2O9S2-. The monoisotopic (exact) mass is 363 g/mol. The number of esters is 1. The van der Waals surface area contributed by atoms with E-state index in [2.05, 4.69) is 14.1 Å². The second-order valence-electron chi connectivity index (χ2n) is 5.18. The van der Waals surface area contributed by atoms with Crippen LogP contribution < -0.4 is 5.26 Å². The van der Waals surface area contributed by atoms with Crippen LogP contribution in [-0.4, -0.2) is 48.8 Å². The number of rotatable bonds is 5. The third kappa shape index (κ3) is 2.23. The van der Waals surface area contributed by atoms with Crippen molar-refractivity contribution in [2.24, 2.45) is 0 Å². The summed E-state index contributed by atoms with van der Waals surface area (Å²) in [7, 11) is -4.11. The average molecular weight is 363 g/mol. The Morgan fingerprint density at radius 1 is 1.50 bits per heavy atom. The van der Waals surface area contributed by atoms with E-state index in [-0.39, 0.29) is 6.42 Å². The minimum Gasteiger partial charge on any atom is -0.691 e. The summed E-state index contributed by atoms with van der Waals surface area (Å²) in [6.07, 6.45) is -2.92. The van der Waals surface area contributed by atoms with Gasteiger partial charge in [0.05, 0.1) is 6.10 Å². The molecular weight excluding hydrogens is 354 g/mol. The second-order valence-corrected chi connectivity index (χ2v) is 7.68. The Hall–Kier alpha value is -0.570. The fourth-order valence-electron chi connectivity index (χ4n) is 3.10. The Kier molecular flexibility index (Phi) is 3.67. The van der Waals surface area contributed by atoms with Crippen LogP contribution in [0.15, 0.2) is 0 Å². The van der Waals surface area contributed by atoms with Gasteiger partial charge in [-0.1, -0.05) is 0 Å². The number of carbonyl (C=O) groups excluding carboxylic acids is 1. The Morgan fingerprint density at radius 2 is 2.18 bits per heavy atom. The maximum Gasteiger partial charge on any atom is 0.415 e. The molecule has 126 valence electrons. The zero-order chi connectivity index (χ0) is 16.3. The quantitative estimate of drug-likeness (QED) is 0.198. The molecule has 9 nitrogen and oxygen atoms in total. The van der Waals surface area contributed by atoms with Gasteiger partial charge in [-0.15, -0.1) is 0 Å². The van der Waals surface area contributed by atoms with Crippen LogP contribution in [0.5, 0.6) is 0 Å². The highest BCUT2D eigenvalue weighted by Crippen LogP contribution is 2.55. The van der Waals surface area contributed by atoms with Gasteiger partial charge in [0.25, 0.3) is 10.1 Å². The van der Waals surface area contributed by atoms with E-state index in [1.54, 1.807) is 0 Å². The summed E-state index contributed by atoms with van der Waals surface area (Å²) in [6, 6.07) is 0. The summed E-state index contributed by atoms with van der Waals surface area (Å²) in [6.45, 7) is 1.46. The molecule has 22 heavy (non-hydrogen) atoms. The van der Waals surface area contributed by atoms with Crippen LogP contribution in [-0.2, 0) is 37.9 Å². The van der Waals surface area contributed by atoms with Gasteiger partial charge < -0.3 is 14.7 Å². The third-order valence-electron chi connectivity index (χ3n) is 3.93. The van der Waals surface area contributed by atoms with Gasteiger partial charge in [-0.25, -0.2) is 4.79 Å². The minimum atomic E-state index is -4.25. The lowest BCUT2D eigenvalue weighted by Crippen LogP contribution is -2.50. The van der Waals surface area contributed by atoms with Crippen molar-refractivity contribution in [3.8, 4) is 0 Å². The molecule has 5 atom stereocenters. The minimum absolute atomic E-state index is 0.100.